The van der Waals surface area contributed by atoms with Gasteiger partial charge in [0.2, 0.25) is 11.8 Å². The van der Waals surface area contributed by atoms with Gasteiger partial charge in [-0.1, -0.05) is 44.5 Å². The Hall–Kier alpha value is -2.82. The summed E-state index contributed by atoms with van der Waals surface area (Å²) in [5.41, 5.74) is 3.15. The largest absolute Gasteiger partial charge is 0.494 e. The molecule has 2 aromatic rings. The molecule has 0 radical (unpaired) electrons. The quantitative estimate of drug-likeness (QED) is 0.652. The van der Waals surface area contributed by atoms with Gasteiger partial charge >= 0.3 is 0 Å². The van der Waals surface area contributed by atoms with E-state index in [-0.39, 0.29) is 24.2 Å². The minimum atomic E-state index is -0.321. The first kappa shape index (κ1) is 20.9. The maximum Gasteiger partial charge on any atom is 0.227 e. The molecular weight excluding hydrogens is 364 g/mol. The second-order valence-electron chi connectivity index (χ2n) is 7.49. The number of ether oxygens (including phenoxy) is 1. The molecule has 1 N–H and O–H groups in total. The molecule has 0 bridgehead atoms. The number of nitrogens with one attached hydrogen (secondary N) is 1. The van der Waals surface area contributed by atoms with Crippen molar-refractivity contribution in [2.75, 3.05) is 18.1 Å². The van der Waals surface area contributed by atoms with Crippen molar-refractivity contribution in [1.82, 2.24) is 5.32 Å². The van der Waals surface area contributed by atoms with Crippen molar-refractivity contribution in [3.8, 4) is 5.75 Å². The lowest BCUT2D eigenvalue weighted by Crippen LogP contribution is -2.32. The molecule has 1 aliphatic heterocycles. The van der Waals surface area contributed by atoms with E-state index >= 15 is 0 Å². The summed E-state index contributed by atoms with van der Waals surface area (Å²) in [6.07, 6.45) is 3.35. The lowest BCUT2D eigenvalue weighted by Gasteiger charge is -2.17. The van der Waals surface area contributed by atoms with Crippen molar-refractivity contribution in [3.63, 3.8) is 0 Å². The topological polar surface area (TPSA) is 58.6 Å². The van der Waals surface area contributed by atoms with Crippen molar-refractivity contribution in [2.45, 2.75) is 46.1 Å². The predicted octanol–water partition coefficient (Wildman–Crippen LogP) is 4.10. The molecule has 0 aromatic heterocycles. The van der Waals surface area contributed by atoms with E-state index in [0.29, 0.717) is 19.7 Å². The first-order chi connectivity index (χ1) is 14.1. The summed E-state index contributed by atoms with van der Waals surface area (Å²) in [5.74, 6) is 0.396. The van der Waals surface area contributed by atoms with Gasteiger partial charge in [-0.3, -0.25) is 9.59 Å². The Morgan fingerprint density at radius 3 is 2.41 bits per heavy atom. The molecule has 2 aromatic carbocycles. The molecule has 5 heteroatoms. The van der Waals surface area contributed by atoms with Crippen molar-refractivity contribution in [1.29, 1.82) is 0 Å². The van der Waals surface area contributed by atoms with Gasteiger partial charge < -0.3 is 15.0 Å². The second-order valence-corrected chi connectivity index (χ2v) is 7.49. The second kappa shape index (κ2) is 10.1. The van der Waals surface area contributed by atoms with Crippen molar-refractivity contribution < 1.29 is 14.3 Å². The molecule has 0 spiro atoms. The average Bonchev–Trinajstić information content (AvgIpc) is 3.15. The SMILES string of the molecule is CCCCOc1ccc(N2C[C@@H](C(=O)NCc3ccc(CC)cc3)CC2=O)cc1. The number of rotatable bonds is 9. The zero-order valence-electron chi connectivity index (χ0n) is 17.3. The fourth-order valence-corrected chi connectivity index (χ4v) is 3.42. The highest BCUT2D eigenvalue weighted by Gasteiger charge is 2.35. The summed E-state index contributed by atoms with van der Waals surface area (Å²) in [6.45, 7) is 5.83. The molecule has 1 saturated heterocycles. The maximum atomic E-state index is 12.6. The zero-order chi connectivity index (χ0) is 20.6. The first-order valence-electron chi connectivity index (χ1n) is 10.5. The summed E-state index contributed by atoms with van der Waals surface area (Å²) in [4.78, 5) is 26.7. The molecule has 0 unspecified atom stereocenters. The van der Waals surface area contributed by atoms with Crippen LogP contribution in [0.2, 0.25) is 0 Å². The van der Waals surface area contributed by atoms with Gasteiger partial charge in [0.15, 0.2) is 0 Å². The number of benzene rings is 2. The Balaban J connectivity index is 1.52. The highest BCUT2D eigenvalue weighted by atomic mass is 16.5. The standard InChI is InChI=1S/C24H30N2O3/c1-3-5-14-29-22-12-10-21(11-13-22)26-17-20(15-23(26)27)24(28)25-16-19-8-6-18(4-2)7-9-19/h6-13,20H,3-5,14-17H2,1-2H3,(H,25,28)/t20-/m0/s1. The number of hydrogen-bond donors (Lipinski definition) is 1. The van der Waals surface area contributed by atoms with Gasteiger partial charge in [-0.25, -0.2) is 0 Å². The first-order valence-corrected chi connectivity index (χ1v) is 10.5. The number of anilines is 1. The van der Waals surface area contributed by atoms with Crippen LogP contribution in [0.4, 0.5) is 5.69 Å². The molecule has 29 heavy (non-hydrogen) atoms. The van der Waals surface area contributed by atoms with E-state index in [9.17, 15) is 9.59 Å². The van der Waals surface area contributed by atoms with Crippen LogP contribution >= 0.6 is 0 Å². The van der Waals surface area contributed by atoms with Crippen LogP contribution < -0.4 is 15.0 Å². The predicted molar refractivity (Wildman–Crippen MR) is 115 cm³/mol. The van der Waals surface area contributed by atoms with Gasteiger partial charge in [0.05, 0.1) is 12.5 Å². The fourth-order valence-electron chi connectivity index (χ4n) is 3.42. The van der Waals surface area contributed by atoms with Crippen molar-refractivity contribution in [2.24, 2.45) is 5.92 Å². The van der Waals surface area contributed by atoms with E-state index in [1.165, 1.54) is 5.56 Å². The van der Waals surface area contributed by atoms with Gasteiger partial charge in [0.25, 0.3) is 0 Å². The lowest BCUT2D eigenvalue weighted by molar-refractivity contribution is -0.126. The number of unbranched alkanes of at least 4 members (excludes halogenated alkanes) is 1. The Morgan fingerprint density at radius 2 is 1.76 bits per heavy atom. The number of amides is 2. The smallest absolute Gasteiger partial charge is 0.227 e. The number of hydrogen-bond acceptors (Lipinski definition) is 3. The zero-order valence-corrected chi connectivity index (χ0v) is 17.3. The third-order valence-corrected chi connectivity index (χ3v) is 5.31. The van der Waals surface area contributed by atoms with Crippen LogP contribution in [0, 0.1) is 5.92 Å². The molecule has 154 valence electrons. The number of carbonyl (C=O) groups excluding carboxylic acids is 2. The Bertz CT molecular complexity index is 815. The van der Waals surface area contributed by atoms with E-state index < -0.39 is 0 Å². The lowest BCUT2D eigenvalue weighted by atomic mass is 10.1. The molecule has 2 amide bonds. The van der Waals surface area contributed by atoms with Crippen LogP contribution in [-0.4, -0.2) is 25.0 Å². The normalized spacial score (nSPS) is 16.1. The Morgan fingerprint density at radius 1 is 1.07 bits per heavy atom. The summed E-state index contributed by atoms with van der Waals surface area (Å²) in [5, 5.41) is 2.97. The van der Waals surface area contributed by atoms with Crippen LogP contribution in [-0.2, 0) is 22.6 Å². The summed E-state index contributed by atoms with van der Waals surface area (Å²) >= 11 is 0. The molecule has 3 rings (SSSR count). The maximum absolute atomic E-state index is 12.6. The van der Waals surface area contributed by atoms with Crippen molar-refractivity contribution >= 4 is 17.5 Å². The van der Waals surface area contributed by atoms with E-state index in [4.69, 9.17) is 4.74 Å². The molecule has 1 fully saturated rings. The van der Waals surface area contributed by atoms with Gasteiger partial charge in [-0.2, -0.15) is 0 Å². The number of carbonyl (C=O) groups is 2. The van der Waals surface area contributed by atoms with Crippen LogP contribution in [0.1, 0.15) is 44.2 Å². The molecule has 5 nitrogen and oxygen atoms in total. The van der Waals surface area contributed by atoms with Crippen LogP contribution in [0.25, 0.3) is 0 Å². The fraction of sp³-hybridized carbons (Fsp3) is 0.417. The van der Waals surface area contributed by atoms with E-state index in [1.807, 2.05) is 36.4 Å². The van der Waals surface area contributed by atoms with Gasteiger partial charge in [-0.05, 0) is 48.2 Å². The molecular formula is C24H30N2O3. The summed E-state index contributed by atoms with van der Waals surface area (Å²) < 4.78 is 5.67. The number of aryl methyl sites for hydroxylation is 1. The van der Waals surface area contributed by atoms with Crippen LogP contribution in [0.15, 0.2) is 48.5 Å². The van der Waals surface area contributed by atoms with Gasteiger partial charge in [-0.15, -0.1) is 0 Å². The van der Waals surface area contributed by atoms with E-state index in [2.05, 4.69) is 31.3 Å². The van der Waals surface area contributed by atoms with Gasteiger partial charge in [0.1, 0.15) is 5.75 Å². The van der Waals surface area contributed by atoms with Crippen LogP contribution in [0.5, 0.6) is 5.75 Å². The molecule has 1 aliphatic rings. The molecule has 0 aliphatic carbocycles. The Kier molecular flexibility index (Phi) is 7.28. The number of nitrogens with zero attached hydrogens (tertiary/aromatic N) is 1. The highest BCUT2D eigenvalue weighted by molar-refractivity contribution is 6.00. The average molecular weight is 395 g/mol. The van der Waals surface area contributed by atoms with E-state index in [1.54, 1.807) is 4.90 Å². The van der Waals surface area contributed by atoms with Gasteiger partial charge in [0, 0.05) is 25.2 Å². The molecule has 0 saturated carbocycles. The van der Waals surface area contributed by atoms with Crippen LogP contribution in [0.3, 0.4) is 0 Å². The third-order valence-electron chi connectivity index (χ3n) is 5.31. The highest BCUT2D eigenvalue weighted by Crippen LogP contribution is 2.27. The summed E-state index contributed by atoms with van der Waals surface area (Å²) in [7, 11) is 0. The Labute approximate surface area is 173 Å². The minimum Gasteiger partial charge on any atom is -0.494 e. The van der Waals surface area contributed by atoms with E-state index in [0.717, 1.165) is 36.3 Å². The molecule has 1 heterocycles. The monoisotopic (exact) mass is 394 g/mol. The minimum absolute atomic E-state index is 0.0166. The van der Waals surface area contributed by atoms with Crippen molar-refractivity contribution in [3.05, 3.63) is 59.7 Å². The molecule has 1 atom stereocenters. The third kappa shape index (κ3) is 5.59. The summed E-state index contributed by atoms with van der Waals surface area (Å²) in [6, 6.07) is 15.8.